The van der Waals surface area contributed by atoms with Gasteiger partial charge in [-0.05, 0) is 17.7 Å². The first-order valence-electron chi connectivity index (χ1n) is 6.45. The van der Waals surface area contributed by atoms with Crippen molar-refractivity contribution in [2.24, 2.45) is 7.05 Å². The van der Waals surface area contributed by atoms with E-state index >= 15 is 0 Å². The van der Waals surface area contributed by atoms with Gasteiger partial charge in [0.15, 0.2) is 5.16 Å². The summed E-state index contributed by atoms with van der Waals surface area (Å²) < 4.78 is 7.38. The molecule has 1 aromatic heterocycles. The molecule has 0 aliphatic heterocycles. The predicted molar refractivity (Wildman–Crippen MR) is 83.3 cm³/mol. The zero-order valence-corrected chi connectivity index (χ0v) is 12.4. The lowest BCUT2D eigenvalue weighted by Crippen LogP contribution is -1.91. The molecule has 0 N–H and O–H groups in total. The van der Waals surface area contributed by atoms with Crippen molar-refractivity contribution in [1.82, 2.24) is 9.55 Å². The summed E-state index contributed by atoms with van der Waals surface area (Å²) in [7, 11) is 3.73. The first-order valence-corrected chi connectivity index (χ1v) is 7.43. The van der Waals surface area contributed by atoms with Crippen LogP contribution in [0.2, 0.25) is 0 Å². The molecule has 0 fully saturated rings. The fraction of sp³-hybridized carbons (Fsp3) is 0.188. The second-order valence-electron chi connectivity index (χ2n) is 4.58. The van der Waals surface area contributed by atoms with Gasteiger partial charge in [-0.1, -0.05) is 42.1 Å². The summed E-state index contributed by atoms with van der Waals surface area (Å²) in [4.78, 5) is 4.67. The monoisotopic (exact) mass is 284 g/mol. The third kappa shape index (κ3) is 2.51. The highest BCUT2D eigenvalue weighted by Gasteiger charge is 2.09. The molecule has 3 aromatic rings. The van der Waals surface area contributed by atoms with Crippen molar-refractivity contribution in [3.63, 3.8) is 0 Å². The molecule has 0 atom stereocenters. The number of aryl methyl sites for hydroxylation is 1. The van der Waals surface area contributed by atoms with Crippen molar-refractivity contribution in [3.05, 3.63) is 54.1 Å². The first kappa shape index (κ1) is 13.1. The number of rotatable bonds is 4. The van der Waals surface area contributed by atoms with Gasteiger partial charge in [0.1, 0.15) is 5.75 Å². The van der Waals surface area contributed by atoms with Crippen LogP contribution in [0.5, 0.6) is 5.75 Å². The van der Waals surface area contributed by atoms with Crippen molar-refractivity contribution >= 4 is 22.8 Å². The lowest BCUT2D eigenvalue weighted by Gasteiger charge is -2.03. The highest BCUT2D eigenvalue weighted by Crippen LogP contribution is 2.27. The molecule has 20 heavy (non-hydrogen) atoms. The minimum Gasteiger partial charge on any atom is -0.497 e. The molecule has 2 aromatic carbocycles. The number of hydrogen-bond donors (Lipinski definition) is 0. The van der Waals surface area contributed by atoms with Crippen LogP contribution in [0, 0.1) is 0 Å². The second-order valence-corrected chi connectivity index (χ2v) is 5.52. The van der Waals surface area contributed by atoms with E-state index in [0.29, 0.717) is 0 Å². The minimum atomic E-state index is 0.861. The van der Waals surface area contributed by atoms with E-state index in [2.05, 4.69) is 33.8 Å². The van der Waals surface area contributed by atoms with Crippen LogP contribution in [0.1, 0.15) is 5.56 Å². The first-order chi connectivity index (χ1) is 9.78. The lowest BCUT2D eigenvalue weighted by molar-refractivity contribution is 0.415. The summed E-state index contributed by atoms with van der Waals surface area (Å²) in [6.45, 7) is 0. The van der Waals surface area contributed by atoms with E-state index in [9.17, 15) is 0 Å². The van der Waals surface area contributed by atoms with E-state index in [0.717, 1.165) is 27.7 Å². The van der Waals surface area contributed by atoms with Gasteiger partial charge in [-0.25, -0.2) is 4.98 Å². The van der Waals surface area contributed by atoms with Gasteiger partial charge in [0.2, 0.25) is 0 Å². The molecule has 3 rings (SSSR count). The highest BCUT2D eigenvalue weighted by molar-refractivity contribution is 7.98. The Morgan fingerprint density at radius 1 is 1.15 bits per heavy atom. The SMILES string of the molecule is COc1ccc2nc(SCc3ccccc3)n(C)c2c1. The van der Waals surface area contributed by atoms with Gasteiger partial charge in [-0.3, -0.25) is 0 Å². The number of hydrogen-bond acceptors (Lipinski definition) is 3. The van der Waals surface area contributed by atoms with Crippen molar-refractivity contribution in [2.75, 3.05) is 7.11 Å². The van der Waals surface area contributed by atoms with Crippen LogP contribution in [0.3, 0.4) is 0 Å². The van der Waals surface area contributed by atoms with Crippen LogP contribution in [-0.4, -0.2) is 16.7 Å². The fourth-order valence-corrected chi connectivity index (χ4v) is 3.07. The van der Waals surface area contributed by atoms with Crippen molar-refractivity contribution < 1.29 is 4.74 Å². The number of aromatic nitrogens is 2. The summed E-state index contributed by atoms with van der Waals surface area (Å²) in [5.74, 6) is 1.79. The van der Waals surface area contributed by atoms with E-state index < -0.39 is 0 Å². The molecule has 0 bridgehead atoms. The van der Waals surface area contributed by atoms with Crippen LogP contribution in [-0.2, 0) is 12.8 Å². The Kier molecular flexibility index (Phi) is 3.65. The van der Waals surface area contributed by atoms with Gasteiger partial charge in [0.25, 0.3) is 0 Å². The molecular formula is C16H16N2OS. The quantitative estimate of drug-likeness (QED) is 0.680. The number of imidazole rings is 1. The van der Waals surface area contributed by atoms with E-state index in [1.807, 2.05) is 31.3 Å². The van der Waals surface area contributed by atoms with Gasteiger partial charge in [0.05, 0.1) is 18.1 Å². The summed E-state index contributed by atoms with van der Waals surface area (Å²) >= 11 is 1.75. The predicted octanol–water partition coefficient (Wildman–Crippen LogP) is 3.87. The van der Waals surface area contributed by atoms with Gasteiger partial charge >= 0.3 is 0 Å². The molecular weight excluding hydrogens is 268 g/mol. The average Bonchev–Trinajstić information content (AvgIpc) is 2.82. The number of nitrogens with zero attached hydrogens (tertiary/aromatic N) is 2. The summed E-state index contributed by atoms with van der Waals surface area (Å²) in [6, 6.07) is 16.4. The zero-order chi connectivity index (χ0) is 13.9. The maximum Gasteiger partial charge on any atom is 0.169 e. The summed E-state index contributed by atoms with van der Waals surface area (Å²) in [6.07, 6.45) is 0. The third-order valence-corrected chi connectivity index (χ3v) is 4.36. The van der Waals surface area contributed by atoms with Gasteiger partial charge in [0, 0.05) is 18.9 Å². The number of ether oxygens (including phenoxy) is 1. The number of methoxy groups -OCH3 is 1. The van der Waals surface area contributed by atoms with Crippen LogP contribution in [0.4, 0.5) is 0 Å². The van der Waals surface area contributed by atoms with Gasteiger partial charge < -0.3 is 9.30 Å². The van der Waals surface area contributed by atoms with Crippen molar-refractivity contribution in [3.8, 4) is 5.75 Å². The summed E-state index contributed by atoms with van der Waals surface area (Å²) in [5.41, 5.74) is 3.41. The number of benzene rings is 2. The molecule has 102 valence electrons. The maximum absolute atomic E-state index is 5.27. The molecule has 0 aliphatic carbocycles. The minimum absolute atomic E-state index is 0.861. The highest BCUT2D eigenvalue weighted by atomic mass is 32.2. The molecule has 0 aliphatic rings. The third-order valence-electron chi connectivity index (χ3n) is 3.26. The summed E-state index contributed by atoms with van der Waals surface area (Å²) in [5, 5.41) is 1.03. The zero-order valence-electron chi connectivity index (χ0n) is 11.5. The van der Waals surface area contributed by atoms with Gasteiger partial charge in [-0.15, -0.1) is 0 Å². The Hall–Kier alpha value is -1.94. The number of thioether (sulfide) groups is 1. The van der Waals surface area contributed by atoms with E-state index in [-0.39, 0.29) is 0 Å². The normalized spacial score (nSPS) is 10.9. The van der Waals surface area contributed by atoms with Crippen LogP contribution in [0.25, 0.3) is 11.0 Å². The topological polar surface area (TPSA) is 27.1 Å². The Morgan fingerprint density at radius 2 is 1.95 bits per heavy atom. The van der Waals surface area contributed by atoms with Gasteiger partial charge in [-0.2, -0.15) is 0 Å². The Labute approximate surface area is 122 Å². The van der Waals surface area contributed by atoms with Crippen LogP contribution >= 0.6 is 11.8 Å². The molecule has 0 unspecified atom stereocenters. The van der Waals surface area contributed by atoms with Crippen molar-refractivity contribution in [2.45, 2.75) is 10.9 Å². The molecule has 1 heterocycles. The standard InChI is InChI=1S/C16H16N2OS/c1-18-15-10-13(19-2)8-9-14(15)17-16(18)20-11-12-6-4-3-5-7-12/h3-10H,11H2,1-2H3. The molecule has 4 heteroatoms. The lowest BCUT2D eigenvalue weighted by atomic mass is 10.2. The molecule has 3 nitrogen and oxygen atoms in total. The second kappa shape index (κ2) is 5.59. The fourth-order valence-electron chi connectivity index (χ4n) is 2.13. The average molecular weight is 284 g/mol. The van der Waals surface area contributed by atoms with E-state index in [4.69, 9.17) is 4.74 Å². The Morgan fingerprint density at radius 3 is 2.70 bits per heavy atom. The molecule has 0 spiro atoms. The Bertz CT molecular complexity index is 722. The van der Waals surface area contributed by atoms with E-state index in [1.54, 1.807) is 18.9 Å². The van der Waals surface area contributed by atoms with Crippen molar-refractivity contribution in [1.29, 1.82) is 0 Å². The Balaban J connectivity index is 1.86. The largest absolute Gasteiger partial charge is 0.497 e. The van der Waals surface area contributed by atoms with Crippen LogP contribution in [0.15, 0.2) is 53.7 Å². The molecule has 0 saturated carbocycles. The maximum atomic E-state index is 5.27. The molecule has 0 amide bonds. The van der Waals surface area contributed by atoms with E-state index in [1.165, 1.54) is 5.56 Å². The number of fused-ring (bicyclic) bond motifs is 1. The molecule has 0 saturated heterocycles. The van der Waals surface area contributed by atoms with Crippen LogP contribution < -0.4 is 4.74 Å². The molecule has 0 radical (unpaired) electrons. The smallest absolute Gasteiger partial charge is 0.169 e.